The zero-order valence-electron chi connectivity index (χ0n) is 13.8. The number of nitrogens with zero attached hydrogens (tertiary/aromatic N) is 2. The summed E-state index contributed by atoms with van der Waals surface area (Å²) in [4.78, 5) is 24.1. The van der Waals surface area contributed by atoms with Crippen molar-refractivity contribution in [2.45, 2.75) is 13.0 Å². The predicted molar refractivity (Wildman–Crippen MR) is 90.0 cm³/mol. The number of carbonyl (C=O) groups is 1. The highest BCUT2D eigenvalue weighted by atomic mass is 16.5. The van der Waals surface area contributed by atoms with Crippen LogP contribution in [0, 0.1) is 0 Å². The maximum absolute atomic E-state index is 12.1. The third-order valence-electron chi connectivity index (χ3n) is 3.37. The number of benzene rings is 1. The first-order valence-corrected chi connectivity index (χ1v) is 7.63. The van der Waals surface area contributed by atoms with Crippen molar-refractivity contribution in [1.82, 2.24) is 15.1 Å². The topological polar surface area (TPSA) is 82.4 Å². The van der Waals surface area contributed by atoms with Gasteiger partial charge < -0.3 is 14.8 Å². The lowest BCUT2D eigenvalue weighted by Crippen LogP contribution is -2.34. The van der Waals surface area contributed by atoms with Gasteiger partial charge in [0.05, 0.1) is 7.11 Å². The molecule has 128 valence electrons. The molecular weight excluding hydrogens is 310 g/mol. The molecule has 2 aromatic rings. The van der Waals surface area contributed by atoms with Gasteiger partial charge in [-0.3, -0.25) is 9.59 Å². The summed E-state index contributed by atoms with van der Waals surface area (Å²) in [7, 11) is 3.09. The van der Waals surface area contributed by atoms with E-state index in [0.717, 1.165) is 10.2 Å². The molecule has 0 fully saturated rings. The monoisotopic (exact) mass is 331 g/mol. The highest BCUT2D eigenvalue weighted by Crippen LogP contribution is 2.25. The Morgan fingerprint density at radius 3 is 2.67 bits per heavy atom. The third kappa shape index (κ3) is 4.66. The van der Waals surface area contributed by atoms with Gasteiger partial charge in [-0.25, -0.2) is 4.68 Å². The van der Waals surface area contributed by atoms with E-state index in [-0.39, 0.29) is 12.5 Å². The van der Waals surface area contributed by atoms with E-state index in [1.54, 1.807) is 7.11 Å². The second-order valence-electron chi connectivity index (χ2n) is 5.12. The van der Waals surface area contributed by atoms with Crippen LogP contribution in [0.4, 0.5) is 0 Å². The zero-order chi connectivity index (χ0) is 17.4. The minimum atomic E-state index is -0.390. The lowest BCUT2D eigenvalue weighted by Gasteiger charge is -2.11. The number of methoxy groups -OCH3 is 2. The average Bonchev–Trinajstić information content (AvgIpc) is 2.61. The van der Waals surface area contributed by atoms with Crippen LogP contribution in [0.25, 0.3) is 11.3 Å². The lowest BCUT2D eigenvalue weighted by atomic mass is 10.1. The smallest absolute Gasteiger partial charge is 0.270 e. The largest absolute Gasteiger partial charge is 0.494 e. The first-order chi connectivity index (χ1) is 11.7. The molecule has 0 saturated carbocycles. The highest BCUT2D eigenvalue weighted by molar-refractivity contribution is 5.75. The van der Waals surface area contributed by atoms with Gasteiger partial charge in [-0.05, 0) is 6.42 Å². The van der Waals surface area contributed by atoms with Crippen LogP contribution in [0.1, 0.15) is 6.42 Å². The summed E-state index contributed by atoms with van der Waals surface area (Å²) in [5, 5.41) is 7.02. The molecule has 1 aromatic carbocycles. The Balaban J connectivity index is 2.19. The number of aromatic nitrogens is 2. The van der Waals surface area contributed by atoms with E-state index in [2.05, 4.69) is 10.4 Å². The van der Waals surface area contributed by atoms with Crippen LogP contribution in [-0.4, -0.2) is 43.1 Å². The number of nitrogens with one attached hydrogen (secondary N) is 1. The van der Waals surface area contributed by atoms with Crippen molar-refractivity contribution >= 4 is 5.91 Å². The van der Waals surface area contributed by atoms with Crippen molar-refractivity contribution in [2.24, 2.45) is 0 Å². The fourth-order valence-corrected chi connectivity index (χ4v) is 2.18. The first kappa shape index (κ1) is 17.7. The highest BCUT2D eigenvalue weighted by Gasteiger charge is 2.13. The zero-order valence-corrected chi connectivity index (χ0v) is 13.8. The average molecular weight is 331 g/mol. The second-order valence-corrected chi connectivity index (χ2v) is 5.12. The molecule has 0 saturated heterocycles. The van der Waals surface area contributed by atoms with Gasteiger partial charge in [0.15, 0.2) is 5.75 Å². The second kappa shape index (κ2) is 8.83. The van der Waals surface area contributed by atoms with Crippen molar-refractivity contribution in [3.05, 3.63) is 46.8 Å². The van der Waals surface area contributed by atoms with Crippen LogP contribution in [0.3, 0.4) is 0 Å². The third-order valence-corrected chi connectivity index (χ3v) is 3.37. The summed E-state index contributed by atoms with van der Waals surface area (Å²) in [5.74, 6) is 0.104. The summed E-state index contributed by atoms with van der Waals surface area (Å²) in [6.45, 7) is 0.915. The molecule has 0 unspecified atom stereocenters. The molecule has 0 aliphatic heterocycles. The normalized spacial score (nSPS) is 10.4. The van der Waals surface area contributed by atoms with Crippen molar-refractivity contribution in [1.29, 1.82) is 0 Å². The molecule has 7 nitrogen and oxygen atoms in total. The molecule has 1 heterocycles. The molecule has 24 heavy (non-hydrogen) atoms. The van der Waals surface area contributed by atoms with Crippen molar-refractivity contribution in [3.63, 3.8) is 0 Å². The number of ether oxygens (including phenoxy) is 2. The molecule has 7 heteroatoms. The summed E-state index contributed by atoms with van der Waals surface area (Å²) < 4.78 is 11.3. The van der Waals surface area contributed by atoms with Gasteiger partial charge in [-0.2, -0.15) is 5.10 Å². The summed E-state index contributed by atoms with van der Waals surface area (Å²) in [5.41, 5.74) is 0.937. The van der Waals surface area contributed by atoms with Gasteiger partial charge in [0, 0.05) is 31.9 Å². The van der Waals surface area contributed by atoms with E-state index in [1.165, 1.54) is 13.2 Å². The molecule has 0 radical (unpaired) electrons. The Morgan fingerprint density at radius 2 is 2.00 bits per heavy atom. The summed E-state index contributed by atoms with van der Waals surface area (Å²) in [6.07, 6.45) is 0.711. The fourth-order valence-electron chi connectivity index (χ4n) is 2.18. The van der Waals surface area contributed by atoms with Gasteiger partial charge in [-0.15, -0.1) is 0 Å². The minimum Gasteiger partial charge on any atom is -0.494 e. The van der Waals surface area contributed by atoms with Crippen molar-refractivity contribution < 1.29 is 14.3 Å². The van der Waals surface area contributed by atoms with Gasteiger partial charge in [0.2, 0.25) is 5.91 Å². The van der Waals surface area contributed by atoms with Crippen molar-refractivity contribution in [3.8, 4) is 17.0 Å². The molecular formula is C17H21N3O4. The quantitative estimate of drug-likeness (QED) is 0.732. The Bertz CT molecular complexity index is 728. The predicted octanol–water partition coefficient (Wildman–Crippen LogP) is 1.07. The maximum atomic E-state index is 12.1. The van der Waals surface area contributed by atoms with Crippen LogP contribution >= 0.6 is 0 Å². The molecule has 0 spiro atoms. The number of carbonyl (C=O) groups excluding carboxylic acids is 1. The molecule has 0 aliphatic carbocycles. The van der Waals surface area contributed by atoms with Crippen molar-refractivity contribution in [2.75, 3.05) is 27.4 Å². The van der Waals surface area contributed by atoms with E-state index in [9.17, 15) is 9.59 Å². The van der Waals surface area contributed by atoms with E-state index in [1.807, 2.05) is 30.3 Å². The van der Waals surface area contributed by atoms with Crippen LogP contribution in [-0.2, 0) is 16.1 Å². The molecule has 1 aromatic heterocycles. The molecule has 2 rings (SSSR count). The Hall–Kier alpha value is -2.67. The number of hydrogen-bond donors (Lipinski definition) is 1. The fraction of sp³-hybridized carbons (Fsp3) is 0.353. The Labute approximate surface area is 140 Å². The first-order valence-electron chi connectivity index (χ1n) is 7.63. The minimum absolute atomic E-state index is 0.143. The van der Waals surface area contributed by atoms with Crippen LogP contribution in [0.5, 0.6) is 5.75 Å². The number of rotatable bonds is 8. The number of hydrogen-bond acceptors (Lipinski definition) is 5. The van der Waals surface area contributed by atoms with Crippen LogP contribution < -0.4 is 15.6 Å². The summed E-state index contributed by atoms with van der Waals surface area (Å²) in [6, 6.07) is 10.7. The van der Waals surface area contributed by atoms with E-state index >= 15 is 0 Å². The van der Waals surface area contributed by atoms with Gasteiger partial charge >= 0.3 is 0 Å². The maximum Gasteiger partial charge on any atom is 0.270 e. The van der Waals surface area contributed by atoms with Gasteiger partial charge in [-0.1, -0.05) is 30.3 Å². The van der Waals surface area contributed by atoms with Crippen LogP contribution in [0.2, 0.25) is 0 Å². The molecule has 0 bridgehead atoms. The lowest BCUT2D eigenvalue weighted by molar-refractivity contribution is -0.121. The van der Waals surface area contributed by atoms with Gasteiger partial charge in [0.25, 0.3) is 5.56 Å². The standard InChI is InChI=1S/C17H21N3O4/c1-23-10-6-9-18-15(21)12-20-16(22)11-14(24-2)17(19-20)13-7-4-3-5-8-13/h3-5,7-8,11H,6,9-10,12H2,1-2H3,(H,18,21). The van der Waals surface area contributed by atoms with E-state index in [0.29, 0.717) is 31.0 Å². The molecule has 0 aliphatic rings. The Morgan fingerprint density at radius 1 is 1.25 bits per heavy atom. The van der Waals surface area contributed by atoms with E-state index < -0.39 is 5.56 Å². The molecule has 1 amide bonds. The van der Waals surface area contributed by atoms with E-state index in [4.69, 9.17) is 9.47 Å². The summed E-state index contributed by atoms with van der Waals surface area (Å²) >= 11 is 0. The Kier molecular flexibility index (Phi) is 6.51. The molecule has 1 N–H and O–H groups in total. The van der Waals surface area contributed by atoms with Gasteiger partial charge in [0.1, 0.15) is 12.2 Å². The van der Waals surface area contributed by atoms with Crippen LogP contribution in [0.15, 0.2) is 41.2 Å². The number of amides is 1. The molecule has 0 atom stereocenters. The SMILES string of the molecule is COCCCNC(=O)Cn1nc(-c2ccccc2)c(OC)cc1=O.